The lowest BCUT2D eigenvalue weighted by Gasteiger charge is -2.14. The van der Waals surface area contributed by atoms with Gasteiger partial charge in [0.1, 0.15) is 11.7 Å². The van der Waals surface area contributed by atoms with Crippen molar-refractivity contribution in [2.45, 2.75) is 17.3 Å². The number of benzene rings is 1. The van der Waals surface area contributed by atoms with Gasteiger partial charge in [-0.25, -0.2) is 0 Å². The molecule has 1 aromatic heterocycles. The number of nitrogens with zero attached hydrogens (tertiary/aromatic N) is 2. The molecule has 0 aliphatic heterocycles. The molecule has 2 N–H and O–H groups in total. The molecule has 0 radical (unpaired) electrons. The Morgan fingerprint density at radius 2 is 2.05 bits per heavy atom. The molecule has 0 bridgehead atoms. The van der Waals surface area contributed by atoms with Gasteiger partial charge in [-0.3, -0.25) is 0 Å². The summed E-state index contributed by atoms with van der Waals surface area (Å²) in [6.45, 7) is 3.10. The zero-order valence-electron chi connectivity index (χ0n) is 10.9. The molecule has 1 atom stereocenters. The standard InChI is InChI=1S/C13H18N4S2/c1-17(10-11-6-3-2-4-7-11)9-5-8-14-12-15-16-13(18)19-12/h2-4,6-7H,5,8-10H2,1H3,(H,14,15)(H,16,18). The minimum Gasteiger partial charge on any atom is -0.406 e. The predicted molar refractivity (Wildman–Crippen MR) is 80.5 cm³/mol. The number of nitrogens with one attached hydrogen (secondary N) is 2. The van der Waals surface area contributed by atoms with Crippen molar-refractivity contribution in [3.05, 3.63) is 35.9 Å². The number of quaternary nitrogens is 1. The van der Waals surface area contributed by atoms with Crippen molar-refractivity contribution in [3.8, 4) is 0 Å². The quantitative estimate of drug-likeness (QED) is 0.590. The van der Waals surface area contributed by atoms with Crippen LogP contribution in [0.1, 0.15) is 12.0 Å². The number of hydrogen-bond donors (Lipinski definition) is 2. The average Bonchev–Trinajstić information content (AvgIpc) is 2.82. The van der Waals surface area contributed by atoms with Gasteiger partial charge < -0.3 is 34.2 Å². The molecule has 102 valence electrons. The topological polar surface area (TPSA) is 42.2 Å². The summed E-state index contributed by atoms with van der Waals surface area (Å²) in [6, 6.07) is 10.6. The van der Waals surface area contributed by atoms with Crippen LogP contribution >= 0.6 is 11.3 Å². The van der Waals surface area contributed by atoms with Crippen LogP contribution in [-0.4, -0.2) is 30.3 Å². The van der Waals surface area contributed by atoms with E-state index in [0.717, 1.165) is 31.2 Å². The van der Waals surface area contributed by atoms with E-state index < -0.39 is 0 Å². The molecular formula is C13H18N4S2. The Hall–Kier alpha value is -1.24. The molecule has 0 saturated carbocycles. The molecule has 0 fully saturated rings. The highest BCUT2D eigenvalue weighted by Gasteiger charge is 2.02. The van der Waals surface area contributed by atoms with Crippen molar-refractivity contribution in [1.82, 2.24) is 10.2 Å². The molecule has 0 spiro atoms. The third kappa shape index (κ3) is 5.10. The van der Waals surface area contributed by atoms with Gasteiger partial charge in [-0.05, 0) is 4.34 Å². The molecule has 4 nitrogen and oxygen atoms in total. The van der Waals surface area contributed by atoms with E-state index >= 15 is 0 Å². The first-order valence-electron chi connectivity index (χ1n) is 6.33. The lowest BCUT2D eigenvalue weighted by molar-refractivity contribution is -0.893. The van der Waals surface area contributed by atoms with Crippen LogP contribution in [0.3, 0.4) is 0 Å². The minimum atomic E-state index is 0.592. The Kier molecular flexibility index (Phi) is 5.50. The van der Waals surface area contributed by atoms with Crippen LogP contribution in [0.2, 0.25) is 0 Å². The van der Waals surface area contributed by atoms with Gasteiger partial charge >= 0.3 is 0 Å². The van der Waals surface area contributed by atoms with Crippen LogP contribution in [0, 0.1) is 0 Å². The first-order chi connectivity index (χ1) is 9.24. The van der Waals surface area contributed by atoms with E-state index in [0.29, 0.717) is 4.34 Å². The molecule has 1 heterocycles. The molecule has 1 unspecified atom stereocenters. The normalized spacial score (nSPS) is 12.3. The maximum Gasteiger partial charge on any atom is 0.110 e. The van der Waals surface area contributed by atoms with E-state index in [-0.39, 0.29) is 0 Å². The fraction of sp³-hybridized carbons (Fsp3) is 0.385. The molecule has 2 rings (SSSR count). The number of rotatable bonds is 7. The van der Waals surface area contributed by atoms with E-state index in [4.69, 9.17) is 12.6 Å². The summed E-state index contributed by atoms with van der Waals surface area (Å²) < 4.78 is 0.592. The van der Waals surface area contributed by atoms with Crippen LogP contribution in [0.5, 0.6) is 0 Å². The maximum absolute atomic E-state index is 4.93. The summed E-state index contributed by atoms with van der Waals surface area (Å²) in [5, 5.41) is 11.8. The Morgan fingerprint density at radius 3 is 2.74 bits per heavy atom. The first kappa shape index (κ1) is 14.2. The van der Waals surface area contributed by atoms with Crippen LogP contribution in [0.15, 0.2) is 34.7 Å². The summed E-state index contributed by atoms with van der Waals surface area (Å²) in [6.07, 6.45) is 1.10. The predicted octanol–water partition coefficient (Wildman–Crippen LogP) is 0.961. The summed E-state index contributed by atoms with van der Waals surface area (Å²) in [5.41, 5.74) is 1.38. The van der Waals surface area contributed by atoms with E-state index in [1.807, 2.05) is 0 Å². The number of aromatic nitrogens is 2. The van der Waals surface area contributed by atoms with Crippen molar-refractivity contribution in [2.75, 3.05) is 25.5 Å². The van der Waals surface area contributed by atoms with Gasteiger partial charge in [0, 0.05) is 18.5 Å². The van der Waals surface area contributed by atoms with Crippen LogP contribution < -0.4 is 10.2 Å². The average molecular weight is 294 g/mol. The van der Waals surface area contributed by atoms with E-state index in [2.05, 4.69) is 52.9 Å². The van der Waals surface area contributed by atoms with Gasteiger partial charge in [0.25, 0.3) is 0 Å². The van der Waals surface area contributed by atoms with Crippen LogP contribution in [0.25, 0.3) is 0 Å². The second kappa shape index (κ2) is 7.37. The van der Waals surface area contributed by atoms with Crippen molar-refractivity contribution in [1.29, 1.82) is 0 Å². The summed E-state index contributed by atoms with van der Waals surface area (Å²) in [4.78, 5) is 1.51. The lowest BCUT2D eigenvalue weighted by Crippen LogP contribution is -3.07. The zero-order chi connectivity index (χ0) is 13.5. The molecule has 0 saturated heterocycles. The SMILES string of the molecule is C[NH+](CCCNc1nnc([S-])s1)Cc1ccccc1. The zero-order valence-corrected chi connectivity index (χ0v) is 12.6. The van der Waals surface area contributed by atoms with E-state index in [1.165, 1.54) is 21.8 Å². The Balaban J connectivity index is 1.63. The number of anilines is 1. The molecule has 2 aromatic rings. The Bertz CT molecular complexity index is 486. The Morgan fingerprint density at radius 1 is 1.26 bits per heavy atom. The monoisotopic (exact) mass is 294 g/mol. The lowest BCUT2D eigenvalue weighted by atomic mass is 10.2. The summed E-state index contributed by atoms with van der Waals surface area (Å²) >= 11 is 6.35. The van der Waals surface area contributed by atoms with Gasteiger partial charge in [0.2, 0.25) is 0 Å². The van der Waals surface area contributed by atoms with Crippen LogP contribution in [-0.2, 0) is 19.2 Å². The van der Waals surface area contributed by atoms with Gasteiger partial charge in [-0.2, -0.15) is 5.10 Å². The Labute approximate surface area is 123 Å². The first-order valence-corrected chi connectivity index (χ1v) is 7.56. The van der Waals surface area contributed by atoms with Gasteiger partial charge in [-0.1, -0.05) is 30.3 Å². The second-order valence-electron chi connectivity index (χ2n) is 4.52. The van der Waals surface area contributed by atoms with E-state index in [9.17, 15) is 0 Å². The third-order valence-corrected chi connectivity index (χ3v) is 3.82. The fourth-order valence-corrected chi connectivity index (χ4v) is 2.68. The highest BCUT2D eigenvalue weighted by Crippen LogP contribution is 2.13. The fourth-order valence-electron chi connectivity index (χ4n) is 1.90. The molecule has 0 aliphatic rings. The molecule has 0 amide bonds. The molecular weight excluding hydrogens is 276 g/mol. The number of hydrogen-bond acceptors (Lipinski definition) is 5. The highest BCUT2D eigenvalue weighted by atomic mass is 32.2. The molecule has 6 heteroatoms. The van der Waals surface area contributed by atoms with Crippen molar-refractivity contribution >= 4 is 29.1 Å². The van der Waals surface area contributed by atoms with Gasteiger partial charge in [0.15, 0.2) is 0 Å². The van der Waals surface area contributed by atoms with E-state index in [1.54, 1.807) is 0 Å². The summed E-state index contributed by atoms with van der Waals surface area (Å²) in [7, 11) is 2.22. The highest BCUT2D eigenvalue weighted by molar-refractivity contribution is 7.62. The molecule has 0 aliphatic carbocycles. The largest absolute Gasteiger partial charge is 0.406 e. The second-order valence-corrected chi connectivity index (χ2v) is 6.15. The minimum absolute atomic E-state index is 0.592. The summed E-state index contributed by atoms with van der Waals surface area (Å²) in [5.74, 6) is 0. The third-order valence-electron chi connectivity index (χ3n) is 2.81. The molecule has 1 aromatic carbocycles. The molecule has 19 heavy (non-hydrogen) atoms. The van der Waals surface area contributed by atoms with Crippen LogP contribution in [0.4, 0.5) is 5.13 Å². The smallest absolute Gasteiger partial charge is 0.110 e. The van der Waals surface area contributed by atoms with Gasteiger partial charge in [0.05, 0.1) is 13.6 Å². The van der Waals surface area contributed by atoms with Crippen molar-refractivity contribution in [3.63, 3.8) is 0 Å². The van der Waals surface area contributed by atoms with Crippen molar-refractivity contribution in [2.24, 2.45) is 0 Å². The maximum atomic E-state index is 4.93. The van der Waals surface area contributed by atoms with Gasteiger partial charge in [-0.15, -0.1) is 5.10 Å². The van der Waals surface area contributed by atoms with Crippen molar-refractivity contribution < 1.29 is 4.90 Å².